The highest BCUT2D eigenvalue weighted by molar-refractivity contribution is 6.06. The summed E-state index contributed by atoms with van der Waals surface area (Å²) in [6, 6.07) is 5.92. The van der Waals surface area contributed by atoms with E-state index in [2.05, 4.69) is 5.32 Å². The number of carbonyl (C=O) groups is 4. The molecule has 0 aromatic heterocycles. The van der Waals surface area contributed by atoms with Gasteiger partial charge < -0.3 is 19.9 Å². The Bertz CT molecular complexity index is 851. The molecule has 0 saturated carbocycles. The highest BCUT2D eigenvalue weighted by atomic mass is 19.1. The predicted molar refractivity (Wildman–Crippen MR) is 105 cm³/mol. The van der Waals surface area contributed by atoms with Crippen LogP contribution in [0.2, 0.25) is 0 Å². The van der Waals surface area contributed by atoms with Crippen LogP contribution in [0.3, 0.4) is 0 Å². The normalized spacial score (nSPS) is 18.4. The Morgan fingerprint density at radius 3 is 2.40 bits per heavy atom. The van der Waals surface area contributed by atoms with Crippen molar-refractivity contribution in [3.05, 3.63) is 30.1 Å². The van der Waals surface area contributed by atoms with E-state index in [0.29, 0.717) is 31.9 Å². The molecule has 2 aliphatic heterocycles. The summed E-state index contributed by atoms with van der Waals surface area (Å²) >= 11 is 0. The number of hydrogen-bond donors (Lipinski definition) is 1. The van der Waals surface area contributed by atoms with Gasteiger partial charge in [0.05, 0.1) is 12.1 Å². The molecule has 0 spiro atoms. The van der Waals surface area contributed by atoms with Gasteiger partial charge in [-0.05, 0) is 26.0 Å². The van der Waals surface area contributed by atoms with E-state index in [1.165, 1.54) is 6.07 Å². The number of esters is 1. The summed E-state index contributed by atoms with van der Waals surface area (Å²) in [5.41, 5.74) is -0.499. The number of urea groups is 1. The van der Waals surface area contributed by atoms with Crippen molar-refractivity contribution < 1.29 is 28.3 Å². The number of rotatable bonds is 6. The van der Waals surface area contributed by atoms with Gasteiger partial charge in [-0.2, -0.15) is 0 Å². The summed E-state index contributed by atoms with van der Waals surface area (Å²) in [6.07, 6.45) is -0.191. The third-order valence-electron chi connectivity index (χ3n) is 5.17. The minimum Gasteiger partial charge on any atom is -0.456 e. The lowest BCUT2D eigenvalue weighted by Gasteiger charge is -2.36. The highest BCUT2D eigenvalue weighted by Gasteiger charge is 2.44. The third-order valence-corrected chi connectivity index (χ3v) is 5.17. The van der Waals surface area contributed by atoms with Crippen molar-refractivity contribution in [2.24, 2.45) is 0 Å². The van der Waals surface area contributed by atoms with Crippen molar-refractivity contribution in [2.45, 2.75) is 25.8 Å². The summed E-state index contributed by atoms with van der Waals surface area (Å²) in [6.45, 7) is 4.37. The molecule has 2 fully saturated rings. The van der Waals surface area contributed by atoms with Crippen LogP contribution in [0, 0.1) is 5.82 Å². The fraction of sp³-hybridized carbons (Fsp3) is 0.500. The number of carbonyl (C=O) groups excluding carboxylic acids is 4. The standard InChI is InChI=1S/C20H25FN4O5/c1-20(2)18(28)25(19(29)22-20)8-7-17(27)30-13-16(26)24-11-9-23(10-12-24)15-6-4-3-5-14(15)21/h3-6H,7-13H2,1-2H3,(H,22,29). The number of halogens is 1. The van der Waals surface area contributed by atoms with Crippen molar-refractivity contribution in [3.8, 4) is 0 Å². The van der Waals surface area contributed by atoms with Crippen LogP contribution in [-0.4, -0.2) is 78.5 Å². The third kappa shape index (κ3) is 4.69. The number of piperazine rings is 1. The van der Waals surface area contributed by atoms with Gasteiger partial charge in [0.15, 0.2) is 6.61 Å². The van der Waals surface area contributed by atoms with Crippen LogP contribution in [0.5, 0.6) is 0 Å². The zero-order chi connectivity index (χ0) is 21.9. The monoisotopic (exact) mass is 420 g/mol. The Morgan fingerprint density at radius 1 is 1.13 bits per heavy atom. The highest BCUT2D eigenvalue weighted by Crippen LogP contribution is 2.20. The summed E-state index contributed by atoms with van der Waals surface area (Å²) < 4.78 is 18.9. The van der Waals surface area contributed by atoms with Crippen LogP contribution in [0.15, 0.2) is 24.3 Å². The van der Waals surface area contributed by atoms with Crippen LogP contribution < -0.4 is 10.2 Å². The minimum absolute atomic E-state index is 0.109. The molecule has 10 heteroatoms. The number of anilines is 1. The Balaban J connectivity index is 1.40. The van der Waals surface area contributed by atoms with E-state index in [-0.39, 0.29) is 24.7 Å². The molecule has 3 rings (SSSR count). The second-order valence-electron chi connectivity index (χ2n) is 7.74. The minimum atomic E-state index is -0.998. The Hall–Kier alpha value is -3.17. The fourth-order valence-electron chi connectivity index (χ4n) is 3.43. The summed E-state index contributed by atoms with van der Waals surface area (Å²) in [5, 5.41) is 2.53. The maximum atomic E-state index is 13.9. The largest absolute Gasteiger partial charge is 0.456 e. The lowest BCUT2D eigenvalue weighted by Crippen LogP contribution is -2.50. The number of imide groups is 1. The van der Waals surface area contributed by atoms with Gasteiger partial charge in [-0.25, -0.2) is 9.18 Å². The van der Waals surface area contributed by atoms with E-state index < -0.39 is 30.1 Å². The van der Waals surface area contributed by atoms with E-state index in [1.54, 1.807) is 36.9 Å². The predicted octanol–water partition coefficient (Wildman–Crippen LogP) is 0.738. The van der Waals surface area contributed by atoms with Gasteiger partial charge in [0, 0.05) is 32.7 Å². The molecule has 2 heterocycles. The number of nitrogens with zero attached hydrogens (tertiary/aromatic N) is 3. The van der Waals surface area contributed by atoms with Crippen molar-refractivity contribution in [1.82, 2.24) is 15.1 Å². The summed E-state index contributed by atoms with van der Waals surface area (Å²) in [5.74, 6) is -1.73. The lowest BCUT2D eigenvalue weighted by molar-refractivity contribution is -0.152. The van der Waals surface area contributed by atoms with Gasteiger partial charge in [0.2, 0.25) is 0 Å². The van der Waals surface area contributed by atoms with Crippen molar-refractivity contribution in [3.63, 3.8) is 0 Å². The van der Waals surface area contributed by atoms with Crippen molar-refractivity contribution >= 4 is 29.5 Å². The van der Waals surface area contributed by atoms with Crippen molar-refractivity contribution in [2.75, 3.05) is 44.2 Å². The summed E-state index contributed by atoms with van der Waals surface area (Å²) in [4.78, 5) is 52.5. The SMILES string of the molecule is CC1(C)NC(=O)N(CCC(=O)OCC(=O)N2CCN(c3ccccc3F)CC2)C1=O. The number of amides is 4. The number of para-hydroxylation sites is 1. The molecule has 0 radical (unpaired) electrons. The van der Waals surface area contributed by atoms with E-state index in [0.717, 1.165) is 4.90 Å². The molecule has 0 aliphatic carbocycles. The average molecular weight is 420 g/mol. The van der Waals surface area contributed by atoms with E-state index >= 15 is 0 Å². The molecule has 9 nitrogen and oxygen atoms in total. The average Bonchev–Trinajstić information content (AvgIpc) is 2.91. The molecule has 0 bridgehead atoms. The second kappa shape index (κ2) is 8.68. The fourth-order valence-corrected chi connectivity index (χ4v) is 3.43. The Kier molecular flexibility index (Phi) is 6.23. The number of hydrogen-bond acceptors (Lipinski definition) is 6. The topological polar surface area (TPSA) is 99.3 Å². The van der Waals surface area contributed by atoms with E-state index in [9.17, 15) is 23.6 Å². The number of benzene rings is 1. The Morgan fingerprint density at radius 2 is 1.80 bits per heavy atom. The first-order valence-electron chi connectivity index (χ1n) is 9.76. The molecule has 1 N–H and O–H groups in total. The van der Waals surface area contributed by atoms with Crippen LogP contribution in [0.4, 0.5) is 14.9 Å². The molecular formula is C20H25FN4O5. The van der Waals surface area contributed by atoms with E-state index in [1.807, 2.05) is 4.90 Å². The zero-order valence-electron chi connectivity index (χ0n) is 17.0. The van der Waals surface area contributed by atoms with Gasteiger partial charge in [-0.1, -0.05) is 12.1 Å². The molecule has 2 aliphatic rings. The summed E-state index contributed by atoms with van der Waals surface area (Å²) in [7, 11) is 0. The van der Waals surface area contributed by atoms with Crippen LogP contribution >= 0.6 is 0 Å². The first kappa shape index (κ1) is 21.5. The lowest BCUT2D eigenvalue weighted by atomic mass is 10.1. The molecular weight excluding hydrogens is 395 g/mol. The smallest absolute Gasteiger partial charge is 0.325 e. The van der Waals surface area contributed by atoms with Gasteiger partial charge in [0.1, 0.15) is 11.4 Å². The van der Waals surface area contributed by atoms with Gasteiger partial charge in [0.25, 0.3) is 11.8 Å². The van der Waals surface area contributed by atoms with Crippen LogP contribution in [0.25, 0.3) is 0 Å². The maximum absolute atomic E-state index is 13.9. The molecule has 1 aromatic carbocycles. The second-order valence-corrected chi connectivity index (χ2v) is 7.74. The maximum Gasteiger partial charge on any atom is 0.325 e. The molecule has 4 amide bonds. The Labute approximate surface area is 173 Å². The van der Waals surface area contributed by atoms with Crippen LogP contribution in [0.1, 0.15) is 20.3 Å². The van der Waals surface area contributed by atoms with Gasteiger partial charge >= 0.3 is 12.0 Å². The van der Waals surface area contributed by atoms with Gasteiger partial charge in [-0.3, -0.25) is 19.3 Å². The number of nitrogens with one attached hydrogen (secondary N) is 1. The molecule has 2 saturated heterocycles. The first-order chi connectivity index (χ1) is 14.2. The van der Waals surface area contributed by atoms with Crippen molar-refractivity contribution in [1.29, 1.82) is 0 Å². The number of ether oxygens (including phenoxy) is 1. The molecule has 30 heavy (non-hydrogen) atoms. The first-order valence-corrected chi connectivity index (χ1v) is 9.76. The van der Waals surface area contributed by atoms with Crippen LogP contribution in [-0.2, 0) is 19.1 Å². The quantitative estimate of drug-likeness (QED) is 0.538. The molecule has 0 atom stereocenters. The molecule has 1 aromatic rings. The molecule has 0 unspecified atom stereocenters. The van der Waals surface area contributed by atoms with Gasteiger partial charge in [-0.15, -0.1) is 0 Å². The van der Waals surface area contributed by atoms with E-state index in [4.69, 9.17) is 4.74 Å². The molecule has 162 valence electrons. The zero-order valence-corrected chi connectivity index (χ0v) is 17.0.